The normalized spacial score (nSPS) is 11.8. The van der Waals surface area contributed by atoms with Crippen LogP contribution in [0.25, 0.3) is 0 Å². The van der Waals surface area contributed by atoms with Gasteiger partial charge in [-0.3, -0.25) is 0 Å². The number of sulfonamides is 1. The quantitative estimate of drug-likeness (QED) is 0.601. The molecule has 61 valence electrons. The van der Waals surface area contributed by atoms with Crippen LogP contribution in [0.15, 0.2) is 0 Å². The number of nitrogens with zero attached hydrogens (tertiary/aromatic N) is 1. The van der Waals surface area contributed by atoms with Crippen molar-refractivity contribution in [3.63, 3.8) is 0 Å². The average Bonchev–Trinajstić information content (AvgIpc) is 1.84. The fourth-order valence-corrected chi connectivity index (χ4v) is 1.76. The maximum absolute atomic E-state index is 10.8. The molecule has 0 spiro atoms. The summed E-state index contributed by atoms with van der Waals surface area (Å²) >= 11 is 0. The second-order valence-corrected chi connectivity index (χ2v) is 3.92. The van der Waals surface area contributed by atoms with E-state index >= 15 is 0 Å². The molecule has 0 saturated carbocycles. The van der Waals surface area contributed by atoms with E-state index in [0.717, 1.165) is 6.42 Å². The summed E-state index contributed by atoms with van der Waals surface area (Å²) in [5, 5.41) is 0. The first-order chi connectivity index (χ1) is 4.62. The van der Waals surface area contributed by atoms with Crippen LogP contribution in [0.1, 0.15) is 26.7 Å². The molecule has 0 N–H and O–H groups in total. The van der Waals surface area contributed by atoms with Crippen molar-refractivity contribution in [2.45, 2.75) is 26.7 Å². The minimum atomic E-state index is -3.07. The number of hydrogen-bond acceptors (Lipinski definition) is 2. The van der Waals surface area contributed by atoms with Crippen LogP contribution in [-0.2, 0) is 10.0 Å². The lowest BCUT2D eigenvalue weighted by atomic mass is 10.4. The van der Waals surface area contributed by atoms with Gasteiger partial charge in [-0.05, 0) is 13.3 Å². The van der Waals surface area contributed by atoms with Crippen LogP contribution in [0.4, 0.5) is 0 Å². The summed E-state index contributed by atoms with van der Waals surface area (Å²) in [4.78, 5) is 0. The molecule has 0 aliphatic carbocycles. The predicted molar refractivity (Wildman–Crippen MR) is 41.4 cm³/mol. The first-order valence-corrected chi connectivity index (χ1v) is 5.14. The third-order valence-electron chi connectivity index (χ3n) is 1.08. The number of hydrogen-bond donors (Lipinski definition) is 0. The summed E-state index contributed by atoms with van der Waals surface area (Å²) in [6.07, 6.45) is 1.62. The molecule has 0 aliphatic rings. The van der Waals surface area contributed by atoms with Crippen LogP contribution in [0.2, 0.25) is 0 Å². The van der Waals surface area contributed by atoms with E-state index in [4.69, 9.17) is 0 Å². The van der Waals surface area contributed by atoms with Crippen LogP contribution in [0, 0.1) is 0 Å². The molecule has 0 aromatic carbocycles. The van der Waals surface area contributed by atoms with Gasteiger partial charge in [-0.2, -0.15) is 0 Å². The molecule has 4 heteroatoms. The molecule has 0 aromatic rings. The van der Waals surface area contributed by atoms with Gasteiger partial charge in [0.15, 0.2) is 0 Å². The summed E-state index contributed by atoms with van der Waals surface area (Å²) in [7, 11) is -3.07. The Bertz CT molecular complexity index is 163. The van der Waals surface area contributed by atoms with Gasteiger partial charge in [-0.1, -0.05) is 13.3 Å². The van der Waals surface area contributed by atoms with Crippen molar-refractivity contribution in [1.29, 1.82) is 0 Å². The summed E-state index contributed by atoms with van der Waals surface area (Å²) < 4.78 is 25.1. The van der Waals surface area contributed by atoms with Gasteiger partial charge in [-0.25, -0.2) is 8.42 Å². The molecule has 0 atom stereocenters. The fourth-order valence-electron chi connectivity index (χ4n) is 0.588. The van der Waals surface area contributed by atoms with Crippen molar-refractivity contribution in [2.24, 2.45) is 0 Å². The Morgan fingerprint density at radius 3 is 2.30 bits per heavy atom. The summed E-state index contributed by atoms with van der Waals surface area (Å²) in [6.45, 7) is 4.05. The third kappa shape index (κ3) is 4.76. The highest BCUT2D eigenvalue weighted by atomic mass is 32.2. The zero-order valence-corrected chi connectivity index (χ0v) is 7.32. The van der Waals surface area contributed by atoms with Crippen molar-refractivity contribution in [3.8, 4) is 0 Å². The summed E-state index contributed by atoms with van der Waals surface area (Å²) in [5.41, 5.74) is 0. The Morgan fingerprint density at radius 2 is 1.90 bits per heavy atom. The predicted octanol–water partition coefficient (Wildman–Crippen LogP) is 0.741. The monoisotopic (exact) mass is 164 g/mol. The molecular formula is C6H14NO2S. The lowest BCUT2D eigenvalue weighted by Gasteiger charge is -1.98. The standard InChI is InChI=1S/C6H14NO2S/c1-3-5-6-10(8,9)7-4-2/h3-6H2,1-2H3. The lowest BCUT2D eigenvalue weighted by molar-refractivity contribution is 0.579. The average molecular weight is 164 g/mol. The smallest absolute Gasteiger partial charge is 0.211 e. The van der Waals surface area contributed by atoms with E-state index in [1.54, 1.807) is 6.92 Å². The van der Waals surface area contributed by atoms with E-state index in [0.29, 0.717) is 13.0 Å². The zero-order valence-electron chi connectivity index (χ0n) is 6.50. The first-order valence-electron chi connectivity index (χ1n) is 3.54. The molecule has 0 unspecified atom stereocenters. The molecule has 0 aliphatic heterocycles. The molecule has 0 heterocycles. The van der Waals surface area contributed by atoms with Gasteiger partial charge in [0.2, 0.25) is 10.0 Å². The Hall–Kier alpha value is -0.0900. The third-order valence-corrected chi connectivity index (χ3v) is 2.54. The van der Waals surface area contributed by atoms with Crippen molar-refractivity contribution >= 4 is 10.0 Å². The Morgan fingerprint density at radius 1 is 1.30 bits per heavy atom. The second kappa shape index (κ2) is 4.68. The maximum atomic E-state index is 10.8. The molecule has 0 fully saturated rings. The van der Waals surface area contributed by atoms with Gasteiger partial charge < -0.3 is 0 Å². The van der Waals surface area contributed by atoms with E-state index in [1.165, 1.54) is 0 Å². The number of unbranched alkanes of at least 4 members (excludes halogenated alkanes) is 1. The second-order valence-electron chi connectivity index (χ2n) is 2.08. The minimum absolute atomic E-state index is 0.206. The first kappa shape index (κ1) is 9.91. The van der Waals surface area contributed by atoms with E-state index in [2.05, 4.69) is 4.72 Å². The molecular weight excluding hydrogens is 150 g/mol. The molecule has 10 heavy (non-hydrogen) atoms. The molecule has 1 radical (unpaired) electrons. The van der Waals surface area contributed by atoms with Crippen LogP contribution < -0.4 is 4.72 Å². The van der Waals surface area contributed by atoms with Gasteiger partial charge >= 0.3 is 0 Å². The highest BCUT2D eigenvalue weighted by molar-refractivity contribution is 7.89. The van der Waals surface area contributed by atoms with Crippen molar-refractivity contribution < 1.29 is 8.42 Å². The van der Waals surface area contributed by atoms with Gasteiger partial charge in [0.05, 0.1) is 5.75 Å². The summed E-state index contributed by atoms with van der Waals surface area (Å²) in [5.74, 6) is 0.206. The largest absolute Gasteiger partial charge is 0.227 e. The van der Waals surface area contributed by atoms with E-state index < -0.39 is 10.0 Å². The van der Waals surface area contributed by atoms with Crippen LogP contribution in [-0.4, -0.2) is 20.7 Å². The topological polar surface area (TPSA) is 48.2 Å². The summed E-state index contributed by atoms with van der Waals surface area (Å²) in [6, 6.07) is 0. The molecule has 0 amide bonds. The van der Waals surface area contributed by atoms with Gasteiger partial charge in [0.1, 0.15) is 0 Å². The van der Waals surface area contributed by atoms with Crippen molar-refractivity contribution in [1.82, 2.24) is 4.72 Å². The maximum Gasteiger partial charge on any atom is 0.227 e. The van der Waals surface area contributed by atoms with Crippen LogP contribution >= 0.6 is 0 Å². The van der Waals surface area contributed by atoms with E-state index in [9.17, 15) is 8.42 Å². The Balaban J connectivity index is 3.65. The fraction of sp³-hybridized carbons (Fsp3) is 1.00. The van der Waals surface area contributed by atoms with E-state index in [1.807, 2.05) is 6.92 Å². The SMILES string of the molecule is CCCCS(=O)(=O)[N]CC. The van der Waals surface area contributed by atoms with E-state index in [-0.39, 0.29) is 5.75 Å². The van der Waals surface area contributed by atoms with Gasteiger partial charge in [0.25, 0.3) is 0 Å². The molecule has 0 saturated heterocycles. The van der Waals surface area contributed by atoms with Crippen molar-refractivity contribution in [3.05, 3.63) is 0 Å². The zero-order chi connectivity index (χ0) is 8.04. The molecule has 0 aromatic heterocycles. The molecule has 3 nitrogen and oxygen atoms in total. The van der Waals surface area contributed by atoms with Gasteiger partial charge in [0, 0.05) is 6.54 Å². The van der Waals surface area contributed by atoms with Crippen molar-refractivity contribution in [2.75, 3.05) is 12.3 Å². The lowest BCUT2D eigenvalue weighted by Crippen LogP contribution is -2.18. The highest BCUT2D eigenvalue weighted by Gasteiger charge is 2.07. The number of rotatable bonds is 5. The van der Waals surface area contributed by atoms with Crippen LogP contribution in [0.3, 0.4) is 0 Å². The Labute approximate surface area is 62.9 Å². The minimum Gasteiger partial charge on any atom is -0.211 e. The Kier molecular flexibility index (Phi) is 4.64. The molecule has 0 rings (SSSR count). The highest BCUT2D eigenvalue weighted by Crippen LogP contribution is 1.93. The molecule has 0 bridgehead atoms. The van der Waals surface area contributed by atoms with Gasteiger partial charge in [-0.15, -0.1) is 4.72 Å². The van der Waals surface area contributed by atoms with Crippen LogP contribution in [0.5, 0.6) is 0 Å².